The fourth-order valence-corrected chi connectivity index (χ4v) is 3.01. The van der Waals surface area contributed by atoms with Crippen molar-refractivity contribution in [1.82, 2.24) is 15.3 Å². The van der Waals surface area contributed by atoms with Gasteiger partial charge in [-0.15, -0.1) is 0 Å². The van der Waals surface area contributed by atoms with E-state index in [0.717, 1.165) is 31.3 Å². The number of nitrogens with one attached hydrogen (secondary N) is 1. The van der Waals surface area contributed by atoms with Gasteiger partial charge < -0.3 is 14.5 Å². The van der Waals surface area contributed by atoms with Gasteiger partial charge in [0.1, 0.15) is 12.2 Å². The quantitative estimate of drug-likeness (QED) is 0.741. The maximum absolute atomic E-state index is 14.0. The average Bonchev–Trinajstić information content (AvgIpc) is 3.06. The molecule has 0 unspecified atom stereocenters. The number of rotatable bonds is 4. The fraction of sp³-hybridized carbons (Fsp3) is 0.222. The number of ether oxygens (including phenoxy) is 1. The SMILES string of the molecule is Fc1cc2c(Cl)ccc(COc3nc(C4=CCNCC4)ncc3F)c2o1. The van der Waals surface area contributed by atoms with Crippen molar-refractivity contribution in [2.75, 3.05) is 13.1 Å². The zero-order chi connectivity index (χ0) is 18.1. The van der Waals surface area contributed by atoms with Crippen LogP contribution in [0.1, 0.15) is 17.8 Å². The molecular formula is C18H14ClF2N3O2. The predicted molar refractivity (Wildman–Crippen MR) is 93.0 cm³/mol. The minimum absolute atomic E-state index is 0.0470. The van der Waals surface area contributed by atoms with E-state index in [-0.39, 0.29) is 18.1 Å². The molecule has 1 aliphatic heterocycles. The standard InChI is InChI=1S/C18H14ClF2N3O2/c19-13-2-1-11(16-12(13)7-15(21)26-16)9-25-18-14(20)8-23-17(24-18)10-3-5-22-6-4-10/h1-3,7-8,22H,4-6,9H2. The average molecular weight is 378 g/mol. The van der Waals surface area contributed by atoms with E-state index in [2.05, 4.69) is 15.3 Å². The molecule has 134 valence electrons. The maximum atomic E-state index is 14.0. The van der Waals surface area contributed by atoms with E-state index in [4.69, 9.17) is 20.8 Å². The molecule has 4 rings (SSSR count). The molecule has 3 aromatic rings. The van der Waals surface area contributed by atoms with E-state index in [1.807, 2.05) is 6.08 Å². The Bertz CT molecular complexity index is 1000. The molecule has 26 heavy (non-hydrogen) atoms. The Morgan fingerprint density at radius 1 is 1.31 bits per heavy atom. The third-order valence-corrected chi connectivity index (χ3v) is 4.44. The van der Waals surface area contributed by atoms with Crippen LogP contribution in [0, 0.1) is 11.8 Å². The van der Waals surface area contributed by atoms with Crippen molar-refractivity contribution in [3.63, 3.8) is 0 Å². The normalized spacial score (nSPS) is 14.5. The van der Waals surface area contributed by atoms with Gasteiger partial charge in [-0.2, -0.15) is 13.8 Å². The van der Waals surface area contributed by atoms with Crippen LogP contribution in [0.4, 0.5) is 8.78 Å². The van der Waals surface area contributed by atoms with Gasteiger partial charge in [-0.1, -0.05) is 23.7 Å². The van der Waals surface area contributed by atoms with Crippen LogP contribution in [0.3, 0.4) is 0 Å². The summed E-state index contributed by atoms with van der Waals surface area (Å²) in [5.74, 6) is -0.392. The van der Waals surface area contributed by atoms with Crippen LogP contribution < -0.4 is 10.1 Å². The number of furan rings is 1. The first-order valence-electron chi connectivity index (χ1n) is 8.03. The van der Waals surface area contributed by atoms with Gasteiger partial charge >= 0.3 is 0 Å². The van der Waals surface area contributed by atoms with E-state index in [1.54, 1.807) is 12.1 Å². The molecule has 0 fully saturated rings. The van der Waals surface area contributed by atoms with Gasteiger partial charge in [0.25, 0.3) is 11.9 Å². The molecule has 0 spiro atoms. The molecule has 0 aliphatic carbocycles. The third kappa shape index (κ3) is 3.27. The predicted octanol–water partition coefficient (Wildman–Crippen LogP) is 4.11. The van der Waals surface area contributed by atoms with Gasteiger partial charge in [-0.25, -0.2) is 4.98 Å². The molecule has 1 aromatic carbocycles. The highest BCUT2D eigenvalue weighted by Gasteiger charge is 2.16. The monoisotopic (exact) mass is 377 g/mol. The molecule has 0 amide bonds. The third-order valence-electron chi connectivity index (χ3n) is 4.11. The summed E-state index contributed by atoms with van der Waals surface area (Å²) < 4.78 is 38.0. The second-order valence-corrected chi connectivity index (χ2v) is 6.23. The van der Waals surface area contributed by atoms with Crippen LogP contribution in [0.15, 0.2) is 34.9 Å². The van der Waals surface area contributed by atoms with Crippen molar-refractivity contribution in [3.05, 3.63) is 58.7 Å². The van der Waals surface area contributed by atoms with Gasteiger partial charge in [0.2, 0.25) is 5.82 Å². The number of aromatic nitrogens is 2. The van der Waals surface area contributed by atoms with Gasteiger partial charge in [0.05, 0.1) is 11.2 Å². The summed E-state index contributed by atoms with van der Waals surface area (Å²) in [7, 11) is 0. The lowest BCUT2D eigenvalue weighted by Crippen LogP contribution is -2.20. The van der Waals surface area contributed by atoms with Gasteiger partial charge in [0.15, 0.2) is 5.82 Å². The molecule has 0 bridgehead atoms. The minimum Gasteiger partial charge on any atom is -0.470 e. The summed E-state index contributed by atoms with van der Waals surface area (Å²) in [6.07, 6.45) is 3.81. The highest BCUT2D eigenvalue weighted by Crippen LogP contribution is 2.30. The van der Waals surface area contributed by atoms with E-state index < -0.39 is 11.8 Å². The molecule has 1 N–H and O–H groups in total. The van der Waals surface area contributed by atoms with Crippen molar-refractivity contribution in [2.45, 2.75) is 13.0 Å². The maximum Gasteiger partial charge on any atom is 0.278 e. The number of hydrogen-bond donors (Lipinski definition) is 1. The zero-order valence-corrected chi connectivity index (χ0v) is 14.3. The first-order valence-corrected chi connectivity index (χ1v) is 8.41. The van der Waals surface area contributed by atoms with Crippen LogP contribution in [-0.2, 0) is 6.61 Å². The Morgan fingerprint density at radius 2 is 2.19 bits per heavy atom. The molecule has 0 radical (unpaired) electrons. The lowest BCUT2D eigenvalue weighted by molar-refractivity contribution is 0.274. The second-order valence-electron chi connectivity index (χ2n) is 5.82. The molecule has 0 saturated carbocycles. The first kappa shape index (κ1) is 16.9. The highest BCUT2D eigenvalue weighted by atomic mass is 35.5. The number of fused-ring (bicyclic) bond motifs is 1. The summed E-state index contributed by atoms with van der Waals surface area (Å²) >= 11 is 6.03. The molecule has 2 aromatic heterocycles. The van der Waals surface area contributed by atoms with Crippen molar-refractivity contribution >= 4 is 28.1 Å². The summed E-state index contributed by atoms with van der Waals surface area (Å²) in [5, 5.41) is 4.00. The smallest absolute Gasteiger partial charge is 0.278 e. The van der Waals surface area contributed by atoms with E-state index in [9.17, 15) is 8.78 Å². The molecule has 0 atom stereocenters. The lowest BCUT2D eigenvalue weighted by atomic mass is 10.1. The van der Waals surface area contributed by atoms with Crippen molar-refractivity contribution in [3.8, 4) is 5.88 Å². The Kier molecular flexibility index (Phi) is 4.57. The van der Waals surface area contributed by atoms with Crippen LogP contribution in [0.2, 0.25) is 5.02 Å². The second kappa shape index (κ2) is 7.01. The van der Waals surface area contributed by atoms with E-state index in [1.165, 1.54) is 6.07 Å². The van der Waals surface area contributed by atoms with Crippen LogP contribution in [0.5, 0.6) is 5.88 Å². The molecule has 1 aliphatic rings. The molecular weight excluding hydrogens is 364 g/mol. The summed E-state index contributed by atoms with van der Waals surface area (Å²) in [4.78, 5) is 8.21. The largest absolute Gasteiger partial charge is 0.470 e. The first-order chi connectivity index (χ1) is 12.6. The highest BCUT2D eigenvalue weighted by molar-refractivity contribution is 6.35. The zero-order valence-electron chi connectivity index (χ0n) is 13.6. The number of nitrogens with zero attached hydrogens (tertiary/aromatic N) is 2. The Hall–Kier alpha value is -2.51. The number of benzene rings is 1. The number of hydrogen-bond acceptors (Lipinski definition) is 5. The Balaban J connectivity index is 1.60. The Morgan fingerprint density at radius 3 is 3.00 bits per heavy atom. The molecule has 3 heterocycles. The van der Waals surface area contributed by atoms with Gasteiger partial charge in [0, 0.05) is 23.6 Å². The minimum atomic E-state index is -0.748. The Labute approximate surface area is 152 Å². The van der Waals surface area contributed by atoms with Gasteiger partial charge in [-0.3, -0.25) is 0 Å². The van der Waals surface area contributed by atoms with Gasteiger partial charge in [-0.05, 0) is 24.6 Å². The van der Waals surface area contributed by atoms with E-state index >= 15 is 0 Å². The lowest BCUT2D eigenvalue weighted by Gasteiger charge is -2.14. The topological polar surface area (TPSA) is 60.2 Å². The summed E-state index contributed by atoms with van der Waals surface area (Å²) in [5.41, 5.74) is 1.75. The molecule has 0 saturated heterocycles. The summed E-state index contributed by atoms with van der Waals surface area (Å²) in [6.45, 7) is 1.49. The van der Waals surface area contributed by atoms with Crippen LogP contribution in [-0.4, -0.2) is 23.1 Å². The van der Waals surface area contributed by atoms with Crippen LogP contribution >= 0.6 is 11.6 Å². The van der Waals surface area contributed by atoms with Crippen molar-refractivity contribution in [2.24, 2.45) is 0 Å². The molecule has 8 heteroatoms. The number of halogens is 3. The van der Waals surface area contributed by atoms with Crippen molar-refractivity contribution < 1.29 is 17.9 Å². The van der Waals surface area contributed by atoms with Crippen molar-refractivity contribution in [1.29, 1.82) is 0 Å². The van der Waals surface area contributed by atoms with E-state index in [0.29, 0.717) is 21.8 Å². The molecule has 5 nitrogen and oxygen atoms in total. The summed E-state index contributed by atoms with van der Waals surface area (Å²) in [6, 6.07) is 3.71. The van der Waals surface area contributed by atoms with Crippen LogP contribution in [0.25, 0.3) is 16.5 Å². The fourth-order valence-electron chi connectivity index (χ4n) is 2.81.